The van der Waals surface area contributed by atoms with Crippen molar-refractivity contribution in [1.82, 2.24) is 0 Å². The van der Waals surface area contributed by atoms with Crippen LogP contribution in [0.25, 0.3) is 0 Å². The van der Waals surface area contributed by atoms with E-state index >= 15 is 0 Å². The van der Waals surface area contributed by atoms with E-state index in [1.165, 1.54) is 0 Å². The summed E-state index contributed by atoms with van der Waals surface area (Å²) < 4.78 is 1.72. The van der Waals surface area contributed by atoms with Gasteiger partial charge in [-0.3, -0.25) is 0 Å². The first kappa shape index (κ1) is 9.79. The fourth-order valence-corrected chi connectivity index (χ4v) is 3.38. The van der Waals surface area contributed by atoms with Gasteiger partial charge in [-0.05, 0) is 0 Å². The van der Waals surface area contributed by atoms with Crippen molar-refractivity contribution >= 4 is 0 Å². The molecule has 0 saturated carbocycles. The Bertz CT molecular complexity index is 52.0. The third-order valence-electron chi connectivity index (χ3n) is 1.04. The third kappa shape index (κ3) is 3.75. The molecule has 0 fully saturated rings. The summed E-state index contributed by atoms with van der Waals surface area (Å²) in [6.45, 7) is 0. The van der Waals surface area contributed by atoms with Crippen LogP contribution in [0.3, 0.4) is 0 Å². The van der Waals surface area contributed by atoms with Crippen molar-refractivity contribution < 1.29 is 62.5 Å². The Hall–Kier alpha value is 1.79. The van der Waals surface area contributed by atoms with Gasteiger partial charge in [0.25, 0.3) is 0 Å². The normalized spacial score (nSPS) is 18.2. The van der Waals surface area contributed by atoms with Crippen LogP contribution in [0.4, 0.5) is 0 Å². The third-order valence-corrected chi connectivity index (χ3v) is 5.63. The van der Waals surface area contributed by atoms with Crippen molar-refractivity contribution in [3.63, 3.8) is 0 Å². The maximum atomic E-state index is 8.96. The van der Waals surface area contributed by atoms with Crippen molar-refractivity contribution in [3.8, 4) is 0 Å². The summed E-state index contributed by atoms with van der Waals surface area (Å²) in [5.41, 5.74) is 0. The number of hydrogen-bond donors (Lipinski definition) is 2. The summed E-state index contributed by atoms with van der Waals surface area (Å²) in [5.74, 6) is 0. The molecule has 0 aromatic rings. The van der Waals surface area contributed by atoms with E-state index in [1.54, 1.807) is 0 Å². The molecule has 0 amide bonds. The minimum absolute atomic E-state index is 0.393. The number of aliphatic hydroxyl groups excluding tert-OH is 2. The molecule has 0 aromatic carbocycles. The van der Waals surface area contributed by atoms with Gasteiger partial charge in [-0.15, -0.1) is 0 Å². The van der Waals surface area contributed by atoms with Crippen LogP contribution in [0.15, 0.2) is 0 Å². The molecular formula is C4H8Hg2O2. The summed E-state index contributed by atoms with van der Waals surface area (Å²) in [6, 6.07) is 0. The standard InChI is InChI=1S/C4H8O2.2Hg/c1-3(5)4(2)6;;/h3-6H,1-2H2;;. The molecule has 2 atom stereocenters. The van der Waals surface area contributed by atoms with Gasteiger partial charge in [0.05, 0.1) is 0 Å². The minimum atomic E-state index is -0.393. The van der Waals surface area contributed by atoms with E-state index in [1.807, 2.05) is 0 Å². The molecule has 0 aliphatic carbocycles. The second-order valence-corrected chi connectivity index (χ2v) is 6.20. The molecule has 0 bridgehead atoms. The molecule has 0 rings (SSSR count). The Balaban J connectivity index is 3.29. The van der Waals surface area contributed by atoms with Gasteiger partial charge >= 0.3 is 82.5 Å². The molecular weight excluding hydrogens is 481 g/mol. The monoisotopic (exact) mass is 492 g/mol. The van der Waals surface area contributed by atoms with Gasteiger partial charge < -0.3 is 0 Å². The van der Waals surface area contributed by atoms with E-state index in [-0.39, 0.29) is 0 Å². The van der Waals surface area contributed by atoms with Crippen LogP contribution in [-0.2, 0) is 52.2 Å². The van der Waals surface area contributed by atoms with Crippen LogP contribution in [0.5, 0.6) is 0 Å². The Labute approximate surface area is 81.6 Å². The van der Waals surface area contributed by atoms with Crippen LogP contribution >= 0.6 is 0 Å². The van der Waals surface area contributed by atoms with Gasteiger partial charge in [-0.25, -0.2) is 0 Å². The molecule has 4 heteroatoms. The number of aliphatic hydroxyl groups is 2. The molecule has 2 unspecified atom stereocenters. The van der Waals surface area contributed by atoms with Gasteiger partial charge in [0.1, 0.15) is 0 Å². The van der Waals surface area contributed by atoms with Crippen molar-refractivity contribution in [1.29, 1.82) is 0 Å². The summed E-state index contributed by atoms with van der Waals surface area (Å²) in [6.07, 6.45) is -0.785. The maximum absolute atomic E-state index is 8.96. The first-order valence-corrected chi connectivity index (χ1v) is 10.4. The Morgan fingerprint density at radius 1 is 1.00 bits per heavy atom. The second-order valence-electron chi connectivity index (χ2n) is 1.71. The second kappa shape index (κ2) is 5.57. The summed E-state index contributed by atoms with van der Waals surface area (Å²) in [7, 11) is 0. The summed E-state index contributed by atoms with van der Waals surface area (Å²) >= 11 is 1.27. The van der Waals surface area contributed by atoms with E-state index in [0.717, 1.165) is 7.86 Å². The van der Waals surface area contributed by atoms with Gasteiger partial charge in [0, 0.05) is 0 Å². The molecule has 8 heavy (non-hydrogen) atoms. The van der Waals surface area contributed by atoms with E-state index in [9.17, 15) is 0 Å². The van der Waals surface area contributed by atoms with Crippen LogP contribution in [0, 0.1) is 0 Å². The van der Waals surface area contributed by atoms with Crippen molar-refractivity contribution in [2.24, 2.45) is 0 Å². The predicted molar refractivity (Wildman–Crippen MR) is 21.6 cm³/mol. The molecule has 0 saturated heterocycles. The average Bonchev–Trinajstić information content (AvgIpc) is 1.84. The topological polar surface area (TPSA) is 40.5 Å². The molecule has 0 radical (unpaired) electrons. The number of rotatable bonds is 3. The van der Waals surface area contributed by atoms with E-state index < -0.39 is 12.2 Å². The quantitative estimate of drug-likeness (QED) is 0.532. The van der Waals surface area contributed by atoms with Crippen LogP contribution in [-0.4, -0.2) is 22.4 Å². The molecule has 2 nitrogen and oxygen atoms in total. The van der Waals surface area contributed by atoms with Gasteiger partial charge in [-0.2, -0.15) is 0 Å². The fourth-order valence-electron chi connectivity index (χ4n) is 0.385. The molecule has 0 aromatic heterocycles. The molecule has 0 aliphatic rings. The van der Waals surface area contributed by atoms with Gasteiger partial charge in [-0.1, -0.05) is 0 Å². The van der Waals surface area contributed by atoms with Gasteiger partial charge in [0.15, 0.2) is 0 Å². The van der Waals surface area contributed by atoms with Crippen LogP contribution < -0.4 is 0 Å². The number of hydrogen-bond acceptors (Lipinski definition) is 2. The van der Waals surface area contributed by atoms with Crippen molar-refractivity contribution in [2.75, 3.05) is 0 Å². The Morgan fingerprint density at radius 2 is 1.25 bits per heavy atom. The summed E-state index contributed by atoms with van der Waals surface area (Å²) in [5, 5.41) is 17.9. The molecule has 2 N–H and O–H groups in total. The molecule has 0 aliphatic heterocycles. The average molecular weight is 489 g/mol. The van der Waals surface area contributed by atoms with E-state index in [0.29, 0.717) is 52.2 Å². The Morgan fingerprint density at radius 3 is 1.38 bits per heavy atom. The van der Waals surface area contributed by atoms with Crippen molar-refractivity contribution in [3.05, 3.63) is 0 Å². The van der Waals surface area contributed by atoms with Crippen molar-refractivity contribution in [2.45, 2.75) is 20.1 Å². The zero-order chi connectivity index (χ0) is 6.57. The predicted octanol–water partition coefficient (Wildman–Crippen LogP) is -0.362. The van der Waals surface area contributed by atoms with Gasteiger partial charge in [0.2, 0.25) is 0 Å². The Kier molecular flexibility index (Phi) is 6.81. The zero-order valence-electron chi connectivity index (χ0n) is 4.88. The molecule has 0 heterocycles. The molecule has 40 valence electrons. The van der Waals surface area contributed by atoms with Crippen LogP contribution in [0.1, 0.15) is 0 Å². The zero-order valence-corrected chi connectivity index (χ0v) is 15.9. The van der Waals surface area contributed by atoms with E-state index in [4.69, 9.17) is 10.2 Å². The van der Waals surface area contributed by atoms with Crippen LogP contribution in [0.2, 0.25) is 7.86 Å². The van der Waals surface area contributed by atoms with E-state index in [2.05, 4.69) is 0 Å². The first-order chi connectivity index (χ1) is 3.72. The fraction of sp³-hybridized carbons (Fsp3) is 1.00. The first-order valence-electron chi connectivity index (χ1n) is 2.67. The summed E-state index contributed by atoms with van der Waals surface area (Å²) in [4.78, 5) is 0. The molecule has 0 spiro atoms. The SMILES string of the molecule is OC([CH2][Hg])C(O)[CH2][Hg].